The minimum atomic E-state index is 0.0966. The Morgan fingerprint density at radius 1 is 1.29 bits per heavy atom. The molecule has 1 N–H and O–H groups in total. The fraction of sp³-hybridized carbons (Fsp3) is 1.00. The summed E-state index contributed by atoms with van der Waals surface area (Å²) in [4.78, 5) is 0. The van der Waals surface area contributed by atoms with Gasteiger partial charge in [-0.25, -0.2) is 0 Å². The quantitative estimate of drug-likeness (QED) is 0.684. The molecule has 0 radical (unpaired) electrons. The molecule has 1 nitrogen and oxygen atoms in total. The van der Waals surface area contributed by atoms with Gasteiger partial charge in [0.05, 0.1) is 0 Å². The number of rotatable bonds is 1. The molecular weight excluding hydrogens is 172 g/mol. The molecule has 0 aromatic rings. The van der Waals surface area contributed by atoms with E-state index in [1.165, 1.54) is 12.8 Å². The highest BCUT2D eigenvalue weighted by Gasteiger charge is 2.57. The summed E-state index contributed by atoms with van der Waals surface area (Å²) < 4.78 is 0. The lowest BCUT2D eigenvalue weighted by atomic mass is 9.54. The van der Waals surface area contributed by atoms with Crippen molar-refractivity contribution >= 4 is 0 Å². The lowest BCUT2D eigenvalue weighted by Crippen LogP contribution is -2.48. The predicted molar refractivity (Wildman–Crippen MR) is 61.2 cm³/mol. The number of hydrogen-bond donors (Lipinski definition) is 1. The Hall–Kier alpha value is -0.0400. The second kappa shape index (κ2) is 3.23. The van der Waals surface area contributed by atoms with E-state index in [1.807, 2.05) is 0 Å². The van der Waals surface area contributed by atoms with Gasteiger partial charge in [0, 0.05) is 12.0 Å². The highest BCUT2D eigenvalue weighted by molar-refractivity contribution is 5.06. The third kappa shape index (κ3) is 1.32. The molecule has 0 amide bonds. The topological polar surface area (TPSA) is 20.2 Å². The van der Waals surface area contributed by atoms with Gasteiger partial charge in [0.25, 0.3) is 0 Å². The third-order valence-electron chi connectivity index (χ3n) is 5.18. The van der Waals surface area contributed by atoms with Crippen LogP contribution in [0, 0.1) is 22.2 Å². The minimum Gasteiger partial charge on any atom is -0.396 e. The van der Waals surface area contributed by atoms with Crippen LogP contribution in [0.1, 0.15) is 54.4 Å². The maximum absolute atomic E-state index is 9.81. The molecule has 1 aliphatic rings. The van der Waals surface area contributed by atoms with Crippen molar-refractivity contribution in [2.45, 2.75) is 54.4 Å². The van der Waals surface area contributed by atoms with Crippen LogP contribution in [0.4, 0.5) is 0 Å². The van der Waals surface area contributed by atoms with Gasteiger partial charge in [-0.1, -0.05) is 41.5 Å². The molecule has 1 aliphatic carbocycles. The average molecular weight is 198 g/mol. The molecule has 0 aromatic carbocycles. The van der Waals surface area contributed by atoms with E-state index in [-0.39, 0.29) is 16.2 Å². The summed E-state index contributed by atoms with van der Waals surface area (Å²) >= 11 is 0. The first-order valence-corrected chi connectivity index (χ1v) is 5.80. The summed E-state index contributed by atoms with van der Waals surface area (Å²) in [6.07, 6.45) is 2.42. The SMILES string of the molecule is CC1CC[C@](CO)(C(C)(C)C)C1(C)C. The fourth-order valence-electron chi connectivity index (χ4n) is 3.48. The Morgan fingerprint density at radius 2 is 1.79 bits per heavy atom. The summed E-state index contributed by atoms with van der Waals surface area (Å²) in [5.74, 6) is 0.717. The van der Waals surface area contributed by atoms with E-state index >= 15 is 0 Å². The van der Waals surface area contributed by atoms with E-state index in [1.54, 1.807) is 0 Å². The van der Waals surface area contributed by atoms with Crippen LogP contribution in [0.15, 0.2) is 0 Å². The molecule has 0 spiro atoms. The molecule has 0 aliphatic heterocycles. The van der Waals surface area contributed by atoms with E-state index in [2.05, 4.69) is 41.5 Å². The van der Waals surface area contributed by atoms with Crippen molar-refractivity contribution in [3.05, 3.63) is 0 Å². The summed E-state index contributed by atoms with van der Waals surface area (Å²) in [7, 11) is 0. The molecule has 0 aromatic heterocycles. The van der Waals surface area contributed by atoms with Crippen molar-refractivity contribution in [3.63, 3.8) is 0 Å². The zero-order valence-electron chi connectivity index (χ0n) is 10.6. The smallest absolute Gasteiger partial charge is 0.0497 e. The molecule has 1 heteroatoms. The number of hydrogen-bond acceptors (Lipinski definition) is 1. The zero-order chi connectivity index (χ0) is 11.2. The van der Waals surface area contributed by atoms with Gasteiger partial charge in [0.15, 0.2) is 0 Å². The first-order valence-electron chi connectivity index (χ1n) is 5.80. The zero-order valence-corrected chi connectivity index (χ0v) is 10.6. The van der Waals surface area contributed by atoms with Crippen molar-refractivity contribution in [3.8, 4) is 0 Å². The third-order valence-corrected chi connectivity index (χ3v) is 5.18. The van der Waals surface area contributed by atoms with Crippen molar-refractivity contribution < 1.29 is 5.11 Å². The molecule has 0 saturated heterocycles. The van der Waals surface area contributed by atoms with Crippen LogP contribution < -0.4 is 0 Å². The standard InChI is InChI=1S/C13H26O/c1-10-7-8-13(9-14,11(2,3)4)12(10,5)6/h10,14H,7-9H2,1-6H3/t10?,13-/m0/s1. The Labute approximate surface area is 88.9 Å². The largest absolute Gasteiger partial charge is 0.396 e. The minimum absolute atomic E-state index is 0.0966. The molecule has 1 unspecified atom stereocenters. The molecule has 1 fully saturated rings. The van der Waals surface area contributed by atoms with Crippen molar-refractivity contribution in [1.29, 1.82) is 0 Å². The molecule has 0 bridgehead atoms. The van der Waals surface area contributed by atoms with Crippen LogP contribution in [0.2, 0.25) is 0 Å². The second-order valence-corrected chi connectivity index (χ2v) is 6.65. The van der Waals surface area contributed by atoms with Gasteiger partial charge < -0.3 is 5.11 Å². The van der Waals surface area contributed by atoms with Gasteiger partial charge in [-0.05, 0) is 29.6 Å². The van der Waals surface area contributed by atoms with Gasteiger partial charge in [-0.3, -0.25) is 0 Å². The van der Waals surface area contributed by atoms with E-state index < -0.39 is 0 Å². The second-order valence-electron chi connectivity index (χ2n) is 6.65. The molecule has 1 saturated carbocycles. The average Bonchev–Trinajstić information content (AvgIpc) is 2.24. The van der Waals surface area contributed by atoms with Crippen molar-refractivity contribution in [1.82, 2.24) is 0 Å². The Kier molecular flexibility index (Phi) is 2.78. The Balaban J connectivity index is 3.14. The molecule has 14 heavy (non-hydrogen) atoms. The van der Waals surface area contributed by atoms with Gasteiger partial charge >= 0.3 is 0 Å². The summed E-state index contributed by atoms with van der Waals surface area (Å²) in [5, 5.41) is 9.81. The first-order chi connectivity index (χ1) is 6.19. The highest BCUT2D eigenvalue weighted by atomic mass is 16.3. The number of aliphatic hydroxyl groups is 1. The first kappa shape index (κ1) is 12.0. The molecule has 2 atom stereocenters. The lowest BCUT2D eigenvalue weighted by molar-refractivity contribution is -0.0735. The van der Waals surface area contributed by atoms with Gasteiger partial charge in [0.1, 0.15) is 0 Å². The van der Waals surface area contributed by atoms with E-state index in [0.717, 1.165) is 0 Å². The van der Waals surface area contributed by atoms with Crippen LogP contribution in [0.5, 0.6) is 0 Å². The summed E-state index contributed by atoms with van der Waals surface area (Å²) in [5.41, 5.74) is 0.537. The maximum Gasteiger partial charge on any atom is 0.0497 e. The van der Waals surface area contributed by atoms with Gasteiger partial charge in [0.2, 0.25) is 0 Å². The van der Waals surface area contributed by atoms with Crippen LogP contribution in [0.3, 0.4) is 0 Å². The van der Waals surface area contributed by atoms with Crippen LogP contribution in [-0.4, -0.2) is 11.7 Å². The van der Waals surface area contributed by atoms with Crippen molar-refractivity contribution in [2.24, 2.45) is 22.2 Å². The molecule has 84 valence electrons. The highest BCUT2D eigenvalue weighted by Crippen LogP contribution is 2.63. The molecule has 1 rings (SSSR count). The van der Waals surface area contributed by atoms with Crippen LogP contribution in [-0.2, 0) is 0 Å². The maximum atomic E-state index is 9.81. The van der Waals surface area contributed by atoms with Gasteiger partial charge in [-0.2, -0.15) is 0 Å². The van der Waals surface area contributed by atoms with Crippen LogP contribution >= 0.6 is 0 Å². The lowest BCUT2D eigenvalue weighted by Gasteiger charge is -2.51. The Bertz CT molecular complexity index is 212. The van der Waals surface area contributed by atoms with Crippen molar-refractivity contribution in [2.75, 3.05) is 6.61 Å². The van der Waals surface area contributed by atoms with E-state index in [0.29, 0.717) is 12.5 Å². The summed E-state index contributed by atoms with van der Waals surface area (Å²) in [6, 6.07) is 0. The van der Waals surface area contributed by atoms with Crippen LogP contribution in [0.25, 0.3) is 0 Å². The number of aliphatic hydroxyl groups excluding tert-OH is 1. The fourth-order valence-corrected chi connectivity index (χ4v) is 3.48. The van der Waals surface area contributed by atoms with E-state index in [4.69, 9.17) is 0 Å². The van der Waals surface area contributed by atoms with Gasteiger partial charge in [-0.15, -0.1) is 0 Å². The molecular formula is C13H26O. The summed E-state index contributed by atoms with van der Waals surface area (Å²) in [6.45, 7) is 14.1. The predicted octanol–water partition coefficient (Wildman–Crippen LogP) is 3.47. The monoisotopic (exact) mass is 198 g/mol. The Morgan fingerprint density at radius 3 is 1.93 bits per heavy atom. The molecule has 0 heterocycles. The normalized spacial score (nSPS) is 37.5. The van der Waals surface area contributed by atoms with E-state index in [9.17, 15) is 5.11 Å².